The Morgan fingerprint density at radius 2 is 2.08 bits per heavy atom. The van der Waals surface area contributed by atoms with Gasteiger partial charge < -0.3 is 15.2 Å². The lowest BCUT2D eigenvalue weighted by Gasteiger charge is -2.18. The number of amides is 3. The third-order valence-corrected chi connectivity index (χ3v) is 6.07. The third-order valence-electron chi connectivity index (χ3n) is 3.99. The molecule has 2 atom stereocenters. The van der Waals surface area contributed by atoms with Crippen LogP contribution in [0, 0.1) is 0 Å². The minimum Gasteiger partial charge on any atom is -0.497 e. The number of ether oxygens (including phenoxy) is 1. The molecular weight excluding hydrogens is 376 g/mol. The lowest BCUT2D eigenvalue weighted by Crippen LogP contribution is -2.47. The van der Waals surface area contributed by atoms with Crippen LogP contribution < -0.4 is 10.1 Å². The third kappa shape index (κ3) is 4.22. The van der Waals surface area contributed by atoms with Crippen LogP contribution in [-0.2, 0) is 9.59 Å². The summed E-state index contributed by atoms with van der Waals surface area (Å²) in [4.78, 5) is 37.8. The van der Waals surface area contributed by atoms with E-state index in [1.54, 1.807) is 49.2 Å². The number of methoxy groups -OCH3 is 1. The maximum atomic E-state index is 12.4. The molecule has 0 aliphatic carbocycles. The highest BCUT2D eigenvalue weighted by Gasteiger charge is 2.37. The number of carbonyl (C=O) groups is 3. The molecule has 2 fully saturated rings. The smallest absolute Gasteiger partial charge is 0.294 e. The van der Waals surface area contributed by atoms with Gasteiger partial charge in [-0.15, -0.1) is 0 Å². The standard InChI is InChI=1S/C17H18N2O5S2/c1-24-11-4-2-10(3-5-11)6-14-16(22)19(17(23)26-14)7-15(21)18-12-8-25-9-13(12)20/h2-6,12-13,20H,7-9H2,1H3,(H,18,21)/b14-6-. The van der Waals surface area contributed by atoms with Crippen LogP contribution in [-0.4, -0.2) is 64.4 Å². The zero-order valence-electron chi connectivity index (χ0n) is 14.0. The van der Waals surface area contributed by atoms with Crippen LogP contribution in [0.5, 0.6) is 5.75 Å². The number of imide groups is 1. The maximum Gasteiger partial charge on any atom is 0.294 e. The zero-order chi connectivity index (χ0) is 18.7. The highest BCUT2D eigenvalue weighted by Crippen LogP contribution is 2.32. The van der Waals surface area contributed by atoms with E-state index in [-0.39, 0.29) is 17.5 Å². The Bertz CT molecular complexity index is 750. The van der Waals surface area contributed by atoms with Gasteiger partial charge >= 0.3 is 0 Å². The van der Waals surface area contributed by atoms with E-state index < -0.39 is 23.2 Å². The highest BCUT2D eigenvalue weighted by molar-refractivity contribution is 8.18. The van der Waals surface area contributed by atoms with Crippen molar-refractivity contribution >= 4 is 46.7 Å². The van der Waals surface area contributed by atoms with Gasteiger partial charge in [0, 0.05) is 11.5 Å². The van der Waals surface area contributed by atoms with Crippen LogP contribution in [0.25, 0.3) is 6.08 Å². The van der Waals surface area contributed by atoms with E-state index in [0.29, 0.717) is 17.3 Å². The molecule has 0 bridgehead atoms. The van der Waals surface area contributed by atoms with Gasteiger partial charge in [-0.2, -0.15) is 11.8 Å². The number of nitrogens with one attached hydrogen (secondary N) is 1. The molecule has 138 valence electrons. The van der Waals surface area contributed by atoms with Crippen molar-refractivity contribution in [1.29, 1.82) is 0 Å². The Labute approximate surface area is 159 Å². The van der Waals surface area contributed by atoms with E-state index in [1.165, 1.54) is 0 Å². The van der Waals surface area contributed by atoms with Crippen LogP contribution in [0.2, 0.25) is 0 Å². The summed E-state index contributed by atoms with van der Waals surface area (Å²) < 4.78 is 5.08. The van der Waals surface area contributed by atoms with Gasteiger partial charge in [0.25, 0.3) is 11.1 Å². The summed E-state index contributed by atoms with van der Waals surface area (Å²) in [6.07, 6.45) is 1.01. The van der Waals surface area contributed by atoms with E-state index in [4.69, 9.17) is 4.74 Å². The van der Waals surface area contributed by atoms with Crippen molar-refractivity contribution < 1.29 is 24.2 Å². The summed E-state index contributed by atoms with van der Waals surface area (Å²) in [5.41, 5.74) is 0.756. The number of thioether (sulfide) groups is 2. The number of benzene rings is 1. The summed E-state index contributed by atoms with van der Waals surface area (Å²) >= 11 is 2.35. The normalized spacial score (nSPS) is 24.4. The molecule has 3 amide bonds. The highest BCUT2D eigenvalue weighted by atomic mass is 32.2. The van der Waals surface area contributed by atoms with Crippen LogP contribution in [0.4, 0.5) is 4.79 Å². The topological polar surface area (TPSA) is 95.9 Å². The summed E-state index contributed by atoms with van der Waals surface area (Å²) in [7, 11) is 1.56. The lowest BCUT2D eigenvalue weighted by molar-refractivity contribution is -0.129. The fraction of sp³-hybridized carbons (Fsp3) is 0.353. The molecule has 2 N–H and O–H groups in total. The van der Waals surface area contributed by atoms with Gasteiger partial charge in [0.05, 0.1) is 24.2 Å². The Balaban J connectivity index is 1.64. The molecule has 0 saturated carbocycles. The SMILES string of the molecule is COc1ccc(/C=C2\SC(=O)N(CC(=O)NC3CSCC3O)C2=O)cc1. The first-order valence-corrected chi connectivity index (χ1v) is 9.89. The predicted octanol–water partition coefficient (Wildman–Crippen LogP) is 1.32. The lowest BCUT2D eigenvalue weighted by atomic mass is 10.2. The molecule has 3 rings (SSSR count). The van der Waals surface area contributed by atoms with Crippen LogP contribution >= 0.6 is 23.5 Å². The van der Waals surface area contributed by atoms with Crippen molar-refractivity contribution in [3.63, 3.8) is 0 Å². The van der Waals surface area contributed by atoms with E-state index >= 15 is 0 Å². The number of carbonyl (C=O) groups excluding carboxylic acids is 3. The van der Waals surface area contributed by atoms with Gasteiger partial charge in [-0.05, 0) is 35.5 Å². The number of hydrogen-bond acceptors (Lipinski definition) is 7. The number of aliphatic hydroxyl groups is 1. The average Bonchev–Trinajstić information content (AvgIpc) is 3.14. The van der Waals surface area contributed by atoms with Crippen LogP contribution in [0.3, 0.4) is 0 Å². The molecule has 0 radical (unpaired) electrons. The van der Waals surface area contributed by atoms with Crippen molar-refractivity contribution in [2.75, 3.05) is 25.2 Å². The van der Waals surface area contributed by atoms with Gasteiger partial charge in [-0.25, -0.2) is 0 Å². The van der Waals surface area contributed by atoms with Gasteiger partial charge in [-0.3, -0.25) is 19.3 Å². The van der Waals surface area contributed by atoms with Crippen LogP contribution in [0.1, 0.15) is 5.56 Å². The second kappa shape index (κ2) is 8.15. The summed E-state index contributed by atoms with van der Waals surface area (Å²) in [5.74, 6) is 0.930. The fourth-order valence-electron chi connectivity index (χ4n) is 2.56. The first kappa shape index (κ1) is 18.8. The number of hydrogen-bond donors (Lipinski definition) is 2. The van der Waals surface area contributed by atoms with E-state index in [2.05, 4.69) is 5.32 Å². The molecule has 2 unspecified atom stereocenters. The number of aliphatic hydroxyl groups excluding tert-OH is 1. The molecule has 2 saturated heterocycles. The fourth-order valence-corrected chi connectivity index (χ4v) is 4.57. The minimum atomic E-state index is -0.603. The Kier molecular flexibility index (Phi) is 5.90. The molecule has 0 spiro atoms. The van der Waals surface area contributed by atoms with Crippen molar-refractivity contribution in [1.82, 2.24) is 10.2 Å². The monoisotopic (exact) mass is 394 g/mol. The molecular formula is C17H18N2O5S2. The van der Waals surface area contributed by atoms with Crippen molar-refractivity contribution in [3.05, 3.63) is 34.7 Å². The van der Waals surface area contributed by atoms with Crippen LogP contribution in [0.15, 0.2) is 29.2 Å². The average molecular weight is 394 g/mol. The van der Waals surface area contributed by atoms with Crippen molar-refractivity contribution in [2.45, 2.75) is 12.1 Å². The zero-order valence-corrected chi connectivity index (χ0v) is 15.6. The summed E-state index contributed by atoms with van der Waals surface area (Å²) in [6.45, 7) is -0.349. The first-order chi connectivity index (χ1) is 12.5. The summed E-state index contributed by atoms with van der Waals surface area (Å²) in [5, 5.41) is 11.9. The van der Waals surface area contributed by atoms with E-state index in [1.807, 2.05) is 0 Å². The van der Waals surface area contributed by atoms with Crippen molar-refractivity contribution in [3.8, 4) is 5.75 Å². The van der Waals surface area contributed by atoms with Crippen molar-refractivity contribution in [2.24, 2.45) is 0 Å². The second-order valence-corrected chi connectivity index (χ2v) is 7.89. The van der Waals surface area contributed by atoms with Gasteiger partial charge in [0.1, 0.15) is 12.3 Å². The molecule has 9 heteroatoms. The maximum absolute atomic E-state index is 12.4. The minimum absolute atomic E-state index is 0.268. The molecule has 0 aromatic heterocycles. The summed E-state index contributed by atoms with van der Waals surface area (Å²) in [6, 6.07) is 6.72. The van der Waals surface area contributed by atoms with E-state index in [0.717, 1.165) is 22.2 Å². The Hall–Kier alpha value is -1.97. The molecule has 7 nitrogen and oxygen atoms in total. The van der Waals surface area contributed by atoms with Gasteiger partial charge in [0.2, 0.25) is 5.91 Å². The Morgan fingerprint density at radius 1 is 1.35 bits per heavy atom. The first-order valence-electron chi connectivity index (χ1n) is 7.92. The molecule has 1 aromatic rings. The molecule has 26 heavy (non-hydrogen) atoms. The predicted molar refractivity (Wildman–Crippen MR) is 101 cm³/mol. The quantitative estimate of drug-likeness (QED) is 0.727. The molecule has 2 aliphatic heterocycles. The number of rotatable bonds is 5. The number of nitrogens with zero attached hydrogens (tertiary/aromatic N) is 1. The largest absolute Gasteiger partial charge is 0.497 e. The van der Waals surface area contributed by atoms with Gasteiger partial charge in [0.15, 0.2) is 0 Å². The molecule has 2 heterocycles. The van der Waals surface area contributed by atoms with Gasteiger partial charge in [-0.1, -0.05) is 12.1 Å². The molecule has 2 aliphatic rings. The second-order valence-electron chi connectivity index (χ2n) is 5.82. The van der Waals surface area contributed by atoms with E-state index in [9.17, 15) is 19.5 Å². The molecule has 1 aromatic carbocycles. The Morgan fingerprint density at radius 3 is 2.69 bits per heavy atom.